The molecule has 200 valence electrons. The molecule has 8 nitrogen and oxygen atoms in total. The zero-order valence-electron chi connectivity index (χ0n) is 20.6. The maximum absolute atomic E-state index is 13.9. The van der Waals surface area contributed by atoms with Crippen LogP contribution >= 0.6 is 0 Å². The number of ether oxygens (including phenoxy) is 2. The average molecular weight is 537 g/mol. The number of aromatic nitrogens is 2. The highest BCUT2D eigenvalue weighted by Gasteiger charge is 2.48. The van der Waals surface area contributed by atoms with Gasteiger partial charge in [-0.3, -0.25) is 19.1 Å². The van der Waals surface area contributed by atoms with E-state index in [1.165, 1.54) is 18.2 Å². The van der Waals surface area contributed by atoms with Crippen LogP contribution in [0.2, 0.25) is 0 Å². The lowest BCUT2D eigenvalue weighted by atomic mass is 9.97. The summed E-state index contributed by atoms with van der Waals surface area (Å²) >= 11 is 0. The number of carboxylic acids is 1. The Balaban J connectivity index is 1.44. The zero-order chi connectivity index (χ0) is 27.5. The summed E-state index contributed by atoms with van der Waals surface area (Å²) in [6, 6.07) is 15.8. The number of alkyl halides is 3. The van der Waals surface area contributed by atoms with E-state index in [1.807, 2.05) is 35.8 Å². The smallest absolute Gasteiger partial charge is 0.471 e. The quantitative estimate of drug-likeness (QED) is 0.371. The van der Waals surface area contributed by atoms with Crippen molar-refractivity contribution in [2.45, 2.75) is 31.5 Å². The zero-order valence-corrected chi connectivity index (χ0v) is 20.6. The number of aryl methyl sites for hydroxylation is 1. The van der Waals surface area contributed by atoms with Gasteiger partial charge in [0.2, 0.25) is 0 Å². The van der Waals surface area contributed by atoms with E-state index in [-0.39, 0.29) is 31.1 Å². The molecule has 3 heterocycles. The summed E-state index contributed by atoms with van der Waals surface area (Å²) in [5.74, 6) is -2.18. The number of halogens is 3. The van der Waals surface area contributed by atoms with Crippen LogP contribution in [0.1, 0.15) is 35.3 Å². The van der Waals surface area contributed by atoms with Crippen molar-refractivity contribution in [1.29, 1.82) is 0 Å². The second-order valence-electron chi connectivity index (χ2n) is 9.51. The molecule has 2 atom stereocenters. The van der Waals surface area contributed by atoms with Crippen molar-refractivity contribution < 1.29 is 37.3 Å². The van der Waals surface area contributed by atoms with Crippen LogP contribution in [0, 0.1) is 6.92 Å². The van der Waals surface area contributed by atoms with Gasteiger partial charge in [0.1, 0.15) is 23.9 Å². The van der Waals surface area contributed by atoms with Gasteiger partial charge in [-0.1, -0.05) is 30.3 Å². The molecule has 1 unspecified atom stereocenters. The van der Waals surface area contributed by atoms with E-state index in [2.05, 4.69) is 4.98 Å². The number of hydrogen-bond donors (Lipinski definition) is 1. The van der Waals surface area contributed by atoms with Gasteiger partial charge in [-0.15, -0.1) is 0 Å². The van der Waals surface area contributed by atoms with E-state index >= 15 is 0 Å². The highest BCUT2D eigenvalue weighted by atomic mass is 19.4. The second-order valence-corrected chi connectivity index (χ2v) is 9.51. The molecule has 0 aliphatic carbocycles. The Kier molecular flexibility index (Phi) is 5.74. The standard InChI is InChI=1S/C28H22F3N3O5/c1-15-32-20-6-2-3-7-21(20)33(15)22-8-4-5-19-23(14-39-26(19)22)34(27(37)28(29,30)31)17-9-10-18-16(11-25(35)36)13-38-24(18)12-17/h2-10,12,16,23H,11,13-14H2,1H3,(H,35,36)/t16-,23?/m1/s1. The Hall–Kier alpha value is -4.54. The van der Waals surface area contributed by atoms with E-state index in [0.29, 0.717) is 33.3 Å². The molecule has 0 spiro atoms. The van der Waals surface area contributed by atoms with Gasteiger partial charge in [0.05, 0.1) is 35.8 Å². The molecule has 2 aliphatic rings. The van der Waals surface area contributed by atoms with Crippen molar-refractivity contribution in [3.05, 3.63) is 77.6 Å². The normalized spacial score (nSPS) is 17.8. The molecule has 3 aromatic carbocycles. The van der Waals surface area contributed by atoms with E-state index in [1.54, 1.807) is 18.2 Å². The van der Waals surface area contributed by atoms with E-state index in [9.17, 15) is 22.8 Å². The van der Waals surface area contributed by atoms with Crippen molar-refractivity contribution in [3.8, 4) is 17.2 Å². The summed E-state index contributed by atoms with van der Waals surface area (Å²) in [5.41, 5.74) is 3.15. The minimum Gasteiger partial charge on any atom is -0.493 e. The van der Waals surface area contributed by atoms with Crippen LogP contribution in [0.25, 0.3) is 16.7 Å². The molecule has 0 bridgehead atoms. The first-order chi connectivity index (χ1) is 18.6. The number of nitrogens with zero attached hydrogens (tertiary/aromatic N) is 3. The number of carbonyl (C=O) groups is 2. The van der Waals surface area contributed by atoms with Gasteiger partial charge in [0.15, 0.2) is 0 Å². The molecular weight excluding hydrogens is 515 g/mol. The highest BCUT2D eigenvalue weighted by molar-refractivity contribution is 5.98. The van der Waals surface area contributed by atoms with Gasteiger partial charge >= 0.3 is 18.1 Å². The first kappa shape index (κ1) is 24.8. The van der Waals surface area contributed by atoms with Crippen molar-refractivity contribution in [2.24, 2.45) is 0 Å². The van der Waals surface area contributed by atoms with Crippen molar-refractivity contribution in [2.75, 3.05) is 18.1 Å². The van der Waals surface area contributed by atoms with E-state index in [0.717, 1.165) is 11.0 Å². The van der Waals surface area contributed by atoms with E-state index in [4.69, 9.17) is 14.6 Å². The molecule has 39 heavy (non-hydrogen) atoms. The number of carbonyl (C=O) groups excluding carboxylic acids is 1. The maximum Gasteiger partial charge on any atom is 0.471 e. The maximum atomic E-state index is 13.9. The second kappa shape index (κ2) is 9.04. The topological polar surface area (TPSA) is 93.9 Å². The van der Waals surface area contributed by atoms with Gasteiger partial charge in [0.25, 0.3) is 0 Å². The summed E-state index contributed by atoms with van der Waals surface area (Å²) < 4.78 is 55.1. The molecule has 1 amide bonds. The average Bonchev–Trinajstić information content (AvgIpc) is 3.58. The van der Waals surface area contributed by atoms with Crippen molar-refractivity contribution in [1.82, 2.24) is 9.55 Å². The highest BCUT2D eigenvalue weighted by Crippen LogP contribution is 2.46. The van der Waals surface area contributed by atoms with Gasteiger partial charge in [-0.05, 0) is 31.2 Å². The molecular formula is C28H22F3N3O5. The molecule has 0 saturated carbocycles. The summed E-state index contributed by atoms with van der Waals surface area (Å²) in [6.07, 6.45) is -5.32. The molecule has 2 aliphatic heterocycles. The Morgan fingerprint density at radius 1 is 1.05 bits per heavy atom. The number of benzene rings is 3. The number of anilines is 1. The summed E-state index contributed by atoms with van der Waals surface area (Å²) in [5, 5.41) is 9.15. The Morgan fingerprint density at radius 3 is 2.62 bits per heavy atom. The Labute approximate surface area is 220 Å². The fourth-order valence-corrected chi connectivity index (χ4v) is 5.42. The third-order valence-corrected chi connectivity index (χ3v) is 7.09. The molecule has 4 aromatic rings. The van der Waals surface area contributed by atoms with Crippen LogP contribution < -0.4 is 14.4 Å². The van der Waals surface area contributed by atoms with Crippen LogP contribution in [-0.2, 0) is 9.59 Å². The van der Waals surface area contributed by atoms with Crippen LogP contribution in [0.5, 0.6) is 11.5 Å². The van der Waals surface area contributed by atoms with Gasteiger partial charge in [-0.2, -0.15) is 13.2 Å². The number of fused-ring (bicyclic) bond motifs is 3. The SMILES string of the molecule is Cc1nc2ccccc2n1-c1cccc2c1OCC2N(C(=O)C(F)(F)F)c1ccc2c(c1)OC[C@H]2CC(=O)O. The summed E-state index contributed by atoms with van der Waals surface area (Å²) in [4.78, 5) is 29.3. The third-order valence-electron chi connectivity index (χ3n) is 7.09. The molecule has 0 radical (unpaired) electrons. The Bertz CT molecular complexity index is 1630. The lowest BCUT2D eigenvalue weighted by molar-refractivity contribution is -0.171. The number of para-hydroxylation sites is 3. The number of aliphatic carboxylic acids is 1. The first-order valence-electron chi connectivity index (χ1n) is 12.2. The van der Waals surface area contributed by atoms with Crippen molar-refractivity contribution in [3.63, 3.8) is 0 Å². The molecule has 1 aromatic heterocycles. The molecule has 0 saturated heterocycles. The van der Waals surface area contributed by atoms with Crippen LogP contribution in [0.3, 0.4) is 0 Å². The molecule has 0 fully saturated rings. The van der Waals surface area contributed by atoms with Gasteiger partial charge in [-0.25, -0.2) is 4.98 Å². The number of rotatable bonds is 5. The van der Waals surface area contributed by atoms with Gasteiger partial charge in [0, 0.05) is 28.8 Å². The lowest BCUT2D eigenvalue weighted by Crippen LogP contribution is -2.44. The van der Waals surface area contributed by atoms with Crippen molar-refractivity contribution >= 4 is 28.6 Å². The number of hydrogen-bond acceptors (Lipinski definition) is 5. The van der Waals surface area contributed by atoms with Crippen LogP contribution in [-0.4, -0.2) is 45.9 Å². The predicted molar refractivity (Wildman–Crippen MR) is 135 cm³/mol. The fourth-order valence-electron chi connectivity index (χ4n) is 5.42. The lowest BCUT2D eigenvalue weighted by Gasteiger charge is -2.29. The summed E-state index contributed by atoms with van der Waals surface area (Å²) in [7, 11) is 0. The predicted octanol–water partition coefficient (Wildman–Crippen LogP) is 5.31. The number of carboxylic acid groups (broad SMARTS) is 1. The minimum absolute atomic E-state index is 0.0248. The third kappa shape index (κ3) is 4.14. The Morgan fingerprint density at radius 2 is 1.85 bits per heavy atom. The largest absolute Gasteiger partial charge is 0.493 e. The fraction of sp³-hybridized carbons (Fsp3) is 0.250. The number of imidazole rings is 1. The van der Waals surface area contributed by atoms with Crippen LogP contribution in [0.4, 0.5) is 18.9 Å². The minimum atomic E-state index is -5.15. The molecule has 6 rings (SSSR count). The van der Waals surface area contributed by atoms with Gasteiger partial charge < -0.3 is 14.6 Å². The molecule has 1 N–H and O–H groups in total. The summed E-state index contributed by atoms with van der Waals surface area (Å²) in [6.45, 7) is 1.72. The van der Waals surface area contributed by atoms with Crippen LogP contribution in [0.15, 0.2) is 60.7 Å². The first-order valence-corrected chi connectivity index (χ1v) is 12.2. The number of amides is 1. The van der Waals surface area contributed by atoms with E-state index < -0.39 is 30.0 Å². The molecule has 11 heteroatoms. The monoisotopic (exact) mass is 537 g/mol.